The highest BCUT2D eigenvalue weighted by Gasteiger charge is 2.42. The highest BCUT2D eigenvalue weighted by Crippen LogP contribution is 2.45. The summed E-state index contributed by atoms with van der Waals surface area (Å²) in [4.78, 5) is 4.67. The van der Waals surface area contributed by atoms with Gasteiger partial charge in [0.15, 0.2) is 0 Å². The lowest BCUT2D eigenvalue weighted by Gasteiger charge is -2.07. The summed E-state index contributed by atoms with van der Waals surface area (Å²) in [7, 11) is 2.05. The van der Waals surface area contributed by atoms with Gasteiger partial charge in [0.25, 0.3) is 0 Å². The Morgan fingerprint density at radius 2 is 2.06 bits per heavy atom. The van der Waals surface area contributed by atoms with Gasteiger partial charge in [0.2, 0.25) is 0 Å². The second-order valence-electron chi connectivity index (χ2n) is 5.42. The van der Waals surface area contributed by atoms with E-state index in [1.807, 2.05) is 12.1 Å². The maximum Gasteiger partial charge on any atom is 0.112 e. The molecule has 1 N–H and O–H groups in total. The number of hydrogen-bond acceptors (Lipinski definition) is 2. The van der Waals surface area contributed by atoms with Crippen LogP contribution in [0.15, 0.2) is 18.2 Å². The van der Waals surface area contributed by atoms with Crippen LogP contribution in [0.5, 0.6) is 0 Å². The average Bonchev–Trinajstić information content (AvgIpc) is 2.95. The van der Waals surface area contributed by atoms with Gasteiger partial charge in [-0.15, -0.1) is 0 Å². The number of aromatic nitrogens is 2. The molecule has 0 spiro atoms. The Labute approximate surface area is 101 Å². The fraction of sp³-hybridized carbons (Fsp3) is 0.500. The zero-order chi connectivity index (χ0) is 12.2. The van der Waals surface area contributed by atoms with E-state index in [1.54, 1.807) is 0 Å². The van der Waals surface area contributed by atoms with Crippen molar-refractivity contribution in [2.75, 3.05) is 0 Å². The summed E-state index contributed by atoms with van der Waals surface area (Å²) in [6.07, 6.45) is 1.75. The maximum absolute atomic E-state index is 10.1. The number of hydrogen-bond donors (Lipinski definition) is 1. The van der Waals surface area contributed by atoms with Crippen LogP contribution in [0.3, 0.4) is 0 Å². The van der Waals surface area contributed by atoms with E-state index >= 15 is 0 Å². The second kappa shape index (κ2) is 3.33. The van der Waals surface area contributed by atoms with Gasteiger partial charge >= 0.3 is 0 Å². The summed E-state index contributed by atoms with van der Waals surface area (Å²) in [5.74, 6) is 1.51. The molecule has 0 unspecified atom stereocenters. The number of rotatable bonds is 2. The SMILES string of the molecule is CC(C)c1nc2cc(C3(O)CC3)ccc2n1C. The van der Waals surface area contributed by atoms with Gasteiger partial charge in [-0.05, 0) is 30.5 Å². The molecule has 1 heterocycles. The Kier molecular flexibility index (Phi) is 2.11. The number of aryl methyl sites for hydroxylation is 1. The van der Waals surface area contributed by atoms with Gasteiger partial charge < -0.3 is 9.67 Å². The minimum atomic E-state index is -0.566. The molecule has 3 rings (SSSR count). The molecule has 0 saturated heterocycles. The minimum absolute atomic E-state index is 0.417. The fourth-order valence-electron chi connectivity index (χ4n) is 2.43. The molecular formula is C14H18N2O. The van der Waals surface area contributed by atoms with E-state index in [2.05, 4.69) is 36.5 Å². The highest BCUT2D eigenvalue weighted by atomic mass is 16.3. The van der Waals surface area contributed by atoms with E-state index in [-0.39, 0.29) is 0 Å². The van der Waals surface area contributed by atoms with Crippen LogP contribution in [0, 0.1) is 0 Å². The number of benzene rings is 1. The number of fused-ring (bicyclic) bond motifs is 1. The summed E-state index contributed by atoms with van der Waals surface area (Å²) in [6, 6.07) is 6.13. The second-order valence-corrected chi connectivity index (χ2v) is 5.42. The van der Waals surface area contributed by atoms with Crippen LogP contribution in [0.4, 0.5) is 0 Å². The van der Waals surface area contributed by atoms with Crippen molar-refractivity contribution in [3.8, 4) is 0 Å². The molecular weight excluding hydrogens is 212 g/mol. The average molecular weight is 230 g/mol. The summed E-state index contributed by atoms with van der Waals surface area (Å²) in [5, 5.41) is 10.1. The van der Waals surface area contributed by atoms with Crippen molar-refractivity contribution in [2.45, 2.75) is 38.2 Å². The molecule has 0 amide bonds. The monoisotopic (exact) mass is 230 g/mol. The first-order valence-electron chi connectivity index (χ1n) is 6.20. The van der Waals surface area contributed by atoms with Crippen LogP contribution >= 0.6 is 0 Å². The van der Waals surface area contributed by atoms with Crippen molar-refractivity contribution >= 4 is 11.0 Å². The summed E-state index contributed by atoms with van der Waals surface area (Å²) >= 11 is 0. The van der Waals surface area contributed by atoms with Crippen LogP contribution in [-0.2, 0) is 12.6 Å². The molecule has 0 radical (unpaired) electrons. The van der Waals surface area contributed by atoms with Crippen molar-refractivity contribution in [1.29, 1.82) is 0 Å². The van der Waals surface area contributed by atoms with E-state index in [4.69, 9.17) is 0 Å². The molecule has 0 aliphatic heterocycles. The van der Waals surface area contributed by atoms with Gasteiger partial charge in [0.05, 0.1) is 16.6 Å². The Balaban J connectivity index is 2.17. The molecule has 1 aromatic heterocycles. The van der Waals surface area contributed by atoms with Crippen LogP contribution in [-0.4, -0.2) is 14.7 Å². The molecule has 3 heteroatoms. The predicted molar refractivity (Wildman–Crippen MR) is 67.9 cm³/mol. The lowest BCUT2D eigenvalue weighted by atomic mass is 10.1. The molecule has 3 nitrogen and oxygen atoms in total. The Morgan fingerprint density at radius 1 is 1.35 bits per heavy atom. The minimum Gasteiger partial charge on any atom is -0.385 e. The first-order valence-corrected chi connectivity index (χ1v) is 6.20. The molecule has 0 bridgehead atoms. The lowest BCUT2D eigenvalue weighted by molar-refractivity contribution is 0.151. The molecule has 2 aromatic rings. The molecule has 1 aliphatic rings. The Bertz CT molecular complexity index is 579. The van der Waals surface area contributed by atoms with Crippen LogP contribution < -0.4 is 0 Å². The Hall–Kier alpha value is -1.35. The fourth-order valence-corrected chi connectivity index (χ4v) is 2.43. The zero-order valence-electron chi connectivity index (χ0n) is 10.6. The molecule has 1 aromatic carbocycles. The number of aliphatic hydroxyl groups is 1. The largest absolute Gasteiger partial charge is 0.385 e. The molecule has 1 saturated carbocycles. The zero-order valence-corrected chi connectivity index (χ0v) is 10.6. The van der Waals surface area contributed by atoms with Gasteiger partial charge in [-0.1, -0.05) is 19.9 Å². The lowest BCUT2D eigenvalue weighted by Crippen LogP contribution is -2.03. The predicted octanol–water partition coefficient (Wildman–Crippen LogP) is 2.68. The molecule has 1 fully saturated rings. The van der Waals surface area contributed by atoms with Gasteiger partial charge in [-0.2, -0.15) is 0 Å². The number of imidazole rings is 1. The molecule has 17 heavy (non-hydrogen) atoms. The van der Waals surface area contributed by atoms with Crippen molar-refractivity contribution in [1.82, 2.24) is 9.55 Å². The van der Waals surface area contributed by atoms with Gasteiger partial charge in [0, 0.05) is 13.0 Å². The van der Waals surface area contributed by atoms with Crippen molar-refractivity contribution in [3.63, 3.8) is 0 Å². The summed E-state index contributed by atoms with van der Waals surface area (Å²) < 4.78 is 2.14. The summed E-state index contributed by atoms with van der Waals surface area (Å²) in [6.45, 7) is 4.30. The molecule has 90 valence electrons. The van der Waals surface area contributed by atoms with Gasteiger partial charge in [0.1, 0.15) is 5.82 Å². The van der Waals surface area contributed by atoms with Crippen molar-refractivity contribution in [3.05, 3.63) is 29.6 Å². The normalized spacial score (nSPS) is 17.9. The topological polar surface area (TPSA) is 38.1 Å². The third-order valence-corrected chi connectivity index (χ3v) is 3.69. The summed E-state index contributed by atoms with van der Waals surface area (Å²) in [5.41, 5.74) is 2.58. The standard InChI is InChI=1S/C14H18N2O/c1-9(2)13-15-11-8-10(14(17)6-7-14)4-5-12(11)16(13)3/h4-5,8-9,17H,6-7H2,1-3H3. The van der Waals surface area contributed by atoms with E-state index in [0.29, 0.717) is 5.92 Å². The maximum atomic E-state index is 10.1. The quantitative estimate of drug-likeness (QED) is 0.861. The third kappa shape index (κ3) is 1.57. The van der Waals surface area contributed by atoms with E-state index in [9.17, 15) is 5.11 Å². The first kappa shape index (κ1) is 10.8. The van der Waals surface area contributed by atoms with Crippen LogP contribution in [0.2, 0.25) is 0 Å². The smallest absolute Gasteiger partial charge is 0.112 e. The number of nitrogens with zero attached hydrogens (tertiary/aromatic N) is 2. The molecule has 1 aliphatic carbocycles. The third-order valence-electron chi connectivity index (χ3n) is 3.69. The highest BCUT2D eigenvalue weighted by molar-refractivity contribution is 5.77. The van der Waals surface area contributed by atoms with E-state index in [0.717, 1.165) is 35.3 Å². The first-order chi connectivity index (χ1) is 8.01. The van der Waals surface area contributed by atoms with Crippen molar-refractivity contribution in [2.24, 2.45) is 7.05 Å². The van der Waals surface area contributed by atoms with Gasteiger partial charge in [-0.3, -0.25) is 0 Å². The van der Waals surface area contributed by atoms with Gasteiger partial charge in [-0.25, -0.2) is 4.98 Å². The molecule has 0 atom stereocenters. The Morgan fingerprint density at radius 3 is 2.65 bits per heavy atom. The van der Waals surface area contributed by atoms with Crippen LogP contribution in [0.25, 0.3) is 11.0 Å². The van der Waals surface area contributed by atoms with E-state index in [1.165, 1.54) is 0 Å². The van der Waals surface area contributed by atoms with Crippen molar-refractivity contribution < 1.29 is 5.11 Å². The van der Waals surface area contributed by atoms with E-state index < -0.39 is 5.60 Å². The van der Waals surface area contributed by atoms with Crippen LogP contribution in [0.1, 0.15) is 44.0 Å².